The minimum absolute atomic E-state index is 0.257. The van der Waals surface area contributed by atoms with Crippen molar-refractivity contribution in [1.29, 1.82) is 0 Å². The van der Waals surface area contributed by atoms with Crippen molar-refractivity contribution in [3.05, 3.63) is 0 Å². The van der Waals surface area contributed by atoms with Gasteiger partial charge in [0.2, 0.25) is 0 Å². The van der Waals surface area contributed by atoms with E-state index < -0.39 is 0 Å². The first kappa shape index (κ1) is 7.56. The third-order valence-corrected chi connectivity index (χ3v) is 2.76. The van der Waals surface area contributed by atoms with Gasteiger partial charge in [0, 0.05) is 19.4 Å². The zero-order valence-corrected chi connectivity index (χ0v) is 7.30. The van der Waals surface area contributed by atoms with Crippen LogP contribution in [0.2, 0.25) is 0 Å². The molecular formula is C9H16O2. The number of hydrogen-bond acceptors (Lipinski definition) is 2. The Hall–Kier alpha value is -0.0800. The van der Waals surface area contributed by atoms with Gasteiger partial charge in [-0.05, 0) is 5.92 Å². The molecule has 2 atom stereocenters. The molecular weight excluding hydrogens is 140 g/mol. The van der Waals surface area contributed by atoms with E-state index in [0.29, 0.717) is 12.0 Å². The van der Waals surface area contributed by atoms with Crippen LogP contribution in [0, 0.1) is 5.92 Å². The van der Waals surface area contributed by atoms with Crippen LogP contribution >= 0.6 is 0 Å². The molecule has 2 fully saturated rings. The van der Waals surface area contributed by atoms with E-state index in [0.717, 1.165) is 26.1 Å². The minimum Gasteiger partial charge on any atom is -0.378 e. The van der Waals surface area contributed by atoms with Crippen LogP contribution in [0.15, 0.2) is 0 Å². The molecule has 2 heteroatoms. The third-order valence-electron chi connectivity index (χ3n) is 2.76. The van der Waals surface area contributed by atoms with Crippen molar-refractivity contribution in [1.82, 2.24) is 0 Å². The summed E-state index contributed by atoms with van der Waals surface area (Å²) in [7, 11) is 0. The maximum atomic E-state index is 5.63. The molecule has 64 valence electrons. The van der Waals surface area contributed by atoms with Crippen molar-refractivity contribution in [3.8, 4) is 0 Å². The van der Waals surface area contributed by atoms with Gasteiger partial charge in [-0.15, -0.1) is 0 Å². The van der Waals surface area contributed by atoms with Crippen molar-refractivity contribution in [2.45, 2.75) is 38.4 Å². The second kappa shape index (κ2) is 2.46. The fraction of sp³-hybridized carbons (Fsp3) is 1.00. The summed E-state index contributed by atoms with van der Waals surface area (Å²) in [5.41, 5.74) is 0.257. The maximum Gasteiger partial charge on any atom is 0.0963 e. The first-order valence-corrected chi connectivity index (χ1v) is 4.47. The maximum absolute atomic E-state index is 5.63. The second-order valence-electron chi connectivity index (χ2n) is 4.08. The van der Waals surface area contributed by atoms with Gasteiger partial charge in [0.1, 0.15) is 0 Å². The molecule has 2 rings (SSSR count). The van der Waals surface area contributed by atoms with Crippen LogP contribution in [0.4, 0.5) is 0 Å². The van der Waals surface area contributed by atoms with Crippen LogP contribution in [0.25, 0.3) is 0 Å². The summed E-state index contributed by atoms with van der Waals surface area (Å²) >= 11 is 0. The topological polar surface area (TPSA) is 21.8 Å². The van der Waals surface area contributed by atoms with E-state index in [1.165, 1.54) is 0 Å². The van der Waals surface area contributed by atoms with Gasteiger partial charge < -0.3 is 9.47 Å². The first-order chi connectivity index (χ1) is 5.22. The summed E-state index contributed by atoms with van der Waals surface area (Å²) < 4.78 is 11.1. The Balaban J connectivity index is 1.93. The lowest BCUT2D eigenvalue weighted by molar-refractivity contribution is -0.0427. The first-order valence-electron chi connectivity index (χ1n) is 4.47. The SMILES string of the molecule is CC(C)C1CC2(CCO1)CO2. The summed E-state index contributed by atoms with van der Waals surface area (Å²) in [6, 6.07) is 0. The van der Waals surface area contributed by atoms with E-state index >= 15 is 0 Å². The van der Waals surface area contributed by atoms with Gasteiger partial charge in [-0.25, -0.2) is 0 Å². The molecule has 2 nitrogen and oxygen atoms in total. The molecule has 0 aliphatic carbocycles. The lowest BCUT2D eigenvalue weighted by Gasteiger charge is -2.29. The Labute approximate surface area is 67.9 Å². The van der Waals surface area contributed by atoms with E-state index in [1.54, 1.807) is 0 Å². The molecule has 0 aromatic rings. The molecule has 11 heavy (non-hydrogen) atoms. The van der Waals surface area contributed by atoms with E-state index in [9.17, 15) is 0 Å². The Morgan fingerprint density at radius 3 is 2.73 bits per heavy atom. The molecule has 0 saturated carbocycles. The monoisotopic (exact) mass is 156 g/mol. The molecule has 0 aromatic carbocycles. The molecule has 2 aliphatic rings. The quantitative estimate of drug-likeness (QED) is 0.538. The Morgan fingerprint density at radius 1 is 1.45 bits per heavy atom. The average molecular weight is 156 g/mol. The number of rotatable bonds is 1. The zero-order chi connectivity index (χ0) is 7.90. The van der Waals surface area contributed by atoms with Crippen LogP contribution in [-0.4, -0.2) is 24.9 Å². The minimum atomic E-state index is 0.257. The van der Waals surface area contributed by atoms with Crippen molar-refractivity contribution in [2.24, 2.45) is 5.92 Å². The van der Waals surface area contributed by atoms with Crippen LogP contribution in [-0.2, 0) is 9.47 Å². The van der Waals surface area contributed by atoms with E-state index in [1.807, 2.05) is 0 Å². The van der Waals surface area contributed by atoms with Crippen LogP contribution in [0.5, 0.6) is 0 Å². The van der Waals surface area contributed by atoms with E-state index in [2.05, 4.69) is 13.8 Å². The molecule has 0 radical (unpaired) electrons. The number of hydrogen-bond donors (Lipinski definition) is 0. The van der Waals surface area contributed by atoms with Gasteiger partial charge in [-0.2, -0.15) is 0 Å². The molecule has 0 amide bonds. The van der Waals surface area contributed by atoms with Gasteiger partial charge in [-0.3, -0.25) is 0 Å². The van der Waals surface area contributed by atoms with Crippen LogP contribution in [0.1, 0.15) is 26.7 Å². The van der Waals surface area contributed by atoms with Gasteiger partial charge in [0.05, 0.1) is 18.3 Å². The van der Waals surface area contributed by atoms with Gasteiger partial charge in [0.15, 0.2) is 0 Å². The highest BCUT2D eigenvalue weighted by molar-refractivity contribution is 4.97. The predicted molar refractivity (Wildman–Crippen MR) is 42.5 cm³/mol. The fourth-order valence-corrected chi connectivity index (χ4v) is 1.72. The second-order valence-corrected chi connectivity index (χ2v) is 4.08. The largest absolute Gasteiger partial charge is 0.378 e. The average Bonchev–Trinajstić information content (AvgIpc) is 2.69. The third kappa shape index (κ3) is 1.42. The lowest BCUT2D eigenvalue weighted by atomic mass is 9.91. The summed E-state index contributed by atoms with van der Waals surface area (Å²) in [6.07, 6.45) is 2.66. The van der Waals surface area contributed by atoms with E-state index in [-0.39, 0.29) is 5.60 Å². The highest BCUT2D eigenvalue weighted by Crippen LogP contribution is 2.40. The van der Waals surface area contributed by atoms with Crippen LogP contribution < -0.4 is 0 Å². The standard InChI is InChI=1S/C9H16O2/c1-7(2)8-5-9(6-11-9)3-4-10-8/h7-8H,3-6H2,1-2H3. The summed E-state index contributed by atoms with van der Waals surface area (Å²) in [6.45, 7) is 6.29. The smallest absolute Gasteiger partial charge is 0.0963 e. The number of epoxide rings is 1. The summed E-state index contributed by atoms with van der Waals surface area (Å²) in [5, 5.41) is 0. The zero-order valence-electron chi connectivity index (χ0n) is 7.30. The summed E-state index contributed by atoms with van der Waals surface area (Å²) in [5.74, 6) is 0.636. The molecule has 0 N–H and O–H groups in total. The molecule has 2 unspecified atom stereocenters. The lowest BCUT2D eigenvalue weighted by Crippen LogP contribution is -2.34. The molecule has 2 aliphatic heterocycles. The molecule has 1 spiro atoms. The van der Waals surface area contributed by atoms with E-state index in [4.69, 9.17) is 9.47 Å². The molecule has 0 aromatic heterocycles. The highest BCUT2D eigenvalue weighted by atomic mass is 16.6. The van der Waals surface area contributed by atoms with Gasteiger partial charge in [-0.1, -0.05) is 13.8 Å². The van der Waals surface area contributed by atoms with Crippen molar-refractivity contribution in [2.75, 3.05) is 13.2 Å². The van der Waals surface area contributed by atoms with Crippen molar-refractivity contribution < 1.29 is 9.47 Å². The Kier molecular flexibility index (Phi) is 1.69. The van der Waals surface area contributed by atoms with Crippen LogP contribution in [0.3, 0.4) is 0 Å². The predicted octanol–water partition coefficient (Wildman–Crippen LogP) is 1.59. The Morgan fingerprint density at radius 2 is 2.18 bits per heavy atom. The highest BCUT2D eigenvalue weighted by Gasteiger charge is 2.48. The normalized spacial score (nSPS) is 43.4. The van der Waals surface area contributed by atoms with Gasteiger partial charge >= 0.3 is 0 Å². The summed E-state index contributed by atoms with van der Waals surface area (Å²) in [4.78, 5) is 0. The molecule has 0 bridgehead atoms. The molecule has 2 saturated heterocycles. The number of ether oxygens (including phenoxy) is 2. The fourth-order valence-electron chi connectivity index (χ4n) is 1.72. The van der Waals surface area contributed by atoms with Gasteiger partial charge in [0.25, 0.3) is 0 Å². The van der Waals surface area contributed by atoms with Crippen molar-refractivity contribution in [3.63, 3.8) is 0 Å². The van der Waals surface area contributed by atoms with Crippen molar-refractivity contribution >= 4 is 0 Å². The Bertz CT molecular complexity index is 150. The molecule has 2 heterocycles.